The summed E-state index contributed by atoms with van der Waals surface area (Å²) in [6.07, 6.45) is 0. The molecule has 0 spiro atoms. The minimum Gasteiger partial charge on any atom is -0.365 e. The van der Waals surface area contributed by atoms with Crippen molar-refractivity contribution >= 4 is 12.6 Å². The Morgan fingerprint density at radius 1 is 1.71 bits per heavy atom. The quantitative estimate of drug-likeness (QED) is 0.440. The van der Waals surface area contributed by atoms with Crippen LogP contribution in [0.25, 0.3) is 0 Å². The number of thiol groups is 1. The molecule has 1 rings (SSSR count). The van der Waals surface area contributed by atoms with Crippen LogP contribution in [0.2, 0.25) is 0 Å². The van der Waals surface area contributed by atoms with Crippen LogP contribution in [0.1, 0.15) is 0 Å². The first-order valence-electron chi connectivity index (χ1n) is 2.32. The van der Waals surface area contributed by atoms with Crippen LogP contribution >= 0.6 is 12.6 Å². The van der Waals surface area contributed by atoms with Gasteiger partial charge in [0.15, 0.2) is 0 Å². The van der Waals surface area contributed by atoms with E-state index in [0.29, 0.717) is 0 Å². The zero-order valence-electron chi connectivity index (χ0n) is 4.00. The van der Waals surface area contributed by atoms with Crippen molar-refractivity contribution in [3.63, 3.8) is 0 Å². The molecule has 0 N–H and O–H groups in total. The van der Waals surface area contributed by atoms with Gasteiger partial charge in [-0.05, 0) is 0 Å². The molecule has 0 bridgehead atoms. The van der Waals surface area contributed by atoms with Crippen molar-refractivity contribution in [2.24, 2.45) is 0 Å². The van der Waals surface area contributed by atoms with Gasteiger partial charge in [0.25, 0.3) is 0 Å². The molecule has 7 heavy (non-hydrogen) atoms. The number of rotatable bonds is 0. The standard InChI is InChI=1S/C4H8NOS/c7-4-3-5-1-2-6-4/h4,7H,1-3H2. The zero-order chi connectivity index (χ0) is 5.11. The largest absolute Gasteiger partial charge is 0.365 e. The molecule has 3 heteroatoms. The summed E-state index contributed by atoms with van der Waals surface area (Å²) in [6.45, 7) is 2.34. The number of nitrogens with zero attached hydrogens (tertiary/aromatic N) is 1. The van der Waals surface area contributed by atoms with Crippen LogP contribution in [0.4, 0.5) is 0 Å². The van der Waals surface area contributed by atoms with Crippen molar-refractivity contribution in [2.45, 2.75) is 5.44 Å². The van der Waals surface area contributed by atoms with Gasteiger partial charge in [0.2, 0.25) is 0 Å². The van der Waals surface area contributed by atoms with E-state index in [2.05, 4.69) is 17.9 Å². The molecular weight excluding hydrogens is 110 g/mol. The topological polar surface area (TPSA) is 23.3 Å². The molecule has 1 unspecified atom stereocenters. The van der Waals surface area contributed by atoms with Gasteiger partial charge in [-0.15, -0.1) is 12.6 Å². The van der Waals surface area contributed by atoms with Crippen LogP contribution in [0.5, 0.6) is 0 Å². The smallest absolute Gasteiger partial charge is 0.114 e. The third-order valence-corrected chi connectivity index (χ3v) is 1.16. The molecule has 1 radical (unpaired) electrons. The predicted octanol–water partition coefficient (Wildman–Crippen LogP) is -0.123. The van der Waals surface area contributed by atoms with Crippen molar-refractivity contribution in [3.05, 3.63) is 0 Å². The van der Waals surface area contributed by atoms with Crippen LogP contribution in [-0.4, -0.2) is 25.1 Å². The summed E-state index contributed by atoms with van der Waals surface area (Å²) in [6, 6.07) is 0. The summed E-state index contributed by atoms with van der Waals surface area (Å²) < 4.78 is 5.05. The van der Waals surface area contributed by atoms with Gasteiger partial charge in [0.1, 0.15) is 5.44 Å². The fraction of sp³-hybridized carbons (Fsp3) is 1.00. The maximum Gasteiger partial charge on any atom is 0.114 e. The SMILES string of the molecule is SC1C[N]CCO1. The Bertz CT molecular complexity index is 53.7. The van der Waals surface area contributed by atoms with E-state index >= 15 is 0 Å². The van der Waals surface area contributed by atoms with Crippen LogP contribution in [0.15, 0.2) is 0 Å². The Morgan fingerprint density at radius 2 is 2.57 bits per heavy atom. The third-order valence-electron chi connectivity index (χ3n) is 0.845. The van der Waals surface area contributed by atoms with Crippen molar-refractivity contribution in [3.8, 4) is 0 Å². The fourth-order valence-corrected chi connectivity index (χ4v) is 0.729. The van der Waals surface area contributed by atoms with E-state index in [1.54, 1.807) is 0 Å². The van der Waals surface area contributed by atoms with E-state index < -0.39 is 0 Å². The van der Waals surface area contributed by atoms with Crippen LogP contribution < -0.4 is 5.32 Å². The highest BCUT2D eigenvalue weighted by Crippen LogP contribution is 1.98. The number of ether oxygens (including phenoxy) is 1. The first kappa shape index (κ1) is 5.41. The number of hydrogen-bond acceptors (Lipinski definition) is 2. The maximum atomic E-state index is 5.05. The van der Waals surface area contributed by atoms with Gasteiger partial charge < -0.3 is 4.74 Å². The molecule has 1 aliphatic heterocycles. The Labute approximate surface area is 48.6 Å². The Hall–Kier alpha value is 0.270. The minimum absolute atomic E-state index is 0.0637. The molecule has 41 valence electrons. The first-order valence-corrected chi connectivity index (χ1v) is 2.84. The highest BCUT2D eigenvalue weighted by atomic mass is 32.1. The van der Waals surface area contributed by atoms with Gasteiger partial charge in [-0.25, -0.2) is 5.32 Å². The first-order chi connectivity index (χ1) is 3.39. The Balaban J connectivity index is 2.12. The van der Waals surface area contributed by atoms with Crippen LogP contribution in [0, 0.1) is 0 Å². The second-order valence-electron chi connectivity index (χ2n) is 1.46. The summed E-state index contributed by atoms with van der Waals surface area (Å²) in [4.78, 5) is 0. The van der Waals surface area contributed by atoms with Crippen molar-refractivity contribution in [1.82, 2.24) is 5.32 Å². The normalized spacial score (nSPS) is 33.0. The zero-order valence-corrected chi connectivity index (χ0v) is 4.90. The molecule has 0 aromatic carbocycles. The molecule has 1 fully saturated rings. The summed E-state index contributed by atoms with van der Waals surface area (Å²) in [5.74, 6) is 0. The lowest BCUT2D eigenvalue weighted by Crippen LogP contribution is -2.30. The molecule has 1 aliphatic rings. The van der Waals surface area contributed by atoms with E-state index in [9.17, 15) is 0 Å². The van der Waals surface area contributed by atoms with Crippen molar-refractivity contribution in [2.75, 3.05) is 19.7 Å². The predicted molar refractivity (Wildman–Crippen MR) is 30.6 cm³/mol. The lowest BCUT2D eigenvalue weighted by molar-refractivity contribution is 0.0848. The van der Waals surface area contributed by atoms with Gasteiger partial charge in [-0.2, -0.15) is 0 Å². The van der Waals surface area contributed by atoms with Crippen molar-refractivity contribution in [1.29, 1.82) is 0 Å². The van der Waals surface area contributed by atoms with E-state index in [0.717, 1.165) is 19.7 Å². The molecule has 0 saturated carbocycles. The molecule has 2 nitrogen and oxygen atoms in total. The highest BCUT2D eigenvalue weighted by molar-refractivity contribution is 7.80. The average Bonchev–Trinajstić information content (AvgIpc) is 1.69. The van der Waals surface area contributed by atoms with Crippen molar-refractivity contribution < 1.29 is 4.74 Å². The minimum atomic E-state index is 0.0637. The number of hydrogen-bond donors (Lipinski definition) is 1. The third kappa shape index (κ3) is 1.67. The molecule has 1 atom stereocenters. The fourth-order valence-electron chi connectivity index (χ4n) is 0.508. The molecule has 0 aromatic heterocycles. The van der Waals surface area contributed by atoms with Gasteiger partial charge in [0, 0.05) is 13.1 Å². The lowest BCUT2D eigenvalue weighted by atomic mass is 10.5. The molecule has 0 amide bonds. The second-order valence-corrected chi connectivity index (χ2v) is 2.03. The van der Waals surface area contributed by atoms with Gasteiger partial charge in [-0.3, -0.25) is 0 Å². The Kier molecular flexibility index (Phi) is 1.97. The van der Waals surface area contributed by atoms with Gasteiger partial charge in [-0.1, -0.05) is 0 Å². The van der Waals surface area contributed by atoms with Gasteiger partial charge in [0.05, 0.1) is 6.61 Å². The molecule has 1 saturated heterocycles. The summed E-state index contributed by atoms with van der Waals surface area (Å²) >= 11 is 4.05. The highest BCUT2D eigenvalue weighted by Gasteiger charge is 2.07. The van der Waals surface area contributed by atoms with E-state index in [4.69, 9.17) is 4.74 Å². The average molecular weight is 118 g/mol. The molecular formula is C4H8NOS. The van der Waals surface area contributed by atoms with E-state index in [1.807, 2.05) is 0 Å². The molecule has 0 aliphatic carbocycles. The Morgan fingerprint density at radius 3 is 2.86 bits per heavy atom. The van der Waals surface area contributed by atoms with Crippen LogP contribution in [-0.2, 0) is 4.74 Å². The number of morpholine rings is 1. The lowest BCUT2D eigenvalue weighted by Gasteiger charge is -2.16. The summed E-state index contributed by atoms with van der Waals surface area (Å²) in [5.41, 5.74) is 0.0637. The van der Waals surface area contributed by atoms with E-state index in [1.165, 1.54) is 0 Å². The second kappa shape index (κ2) is 2.55. The summed E-state index contributed by atoms with van der Waals surface area (Å²) in [5, 5.41) is 4.06. The van der Waals surface area contributed by atoms with E-state index in [-0.39, 0.29) is 5.44 Å². The maximum absolute atomic E-state index is 5.05. The molecule has 1 heterocycles. The molecule has 0 aromatic rings. The van der Waals surface area contributed by atoms with Gasteiger partial charge >= 0.3 is 0 Å². The monoisotopic (exact) mass is 118 g/mol. The summed E-state index contributed by atoms with van der Waals surface area (Å²) in [7, 11) is 0. The van der Waals surface area contributed by atoms with Crippen LogP contribution in [0.3, 0.4) is 0 Å².